The van der Waals surface area contributed by atoms with Gasteiger partial charge in [0, 0.05) is 53.8 Å². The van der Waals surface area contributed by atoms with Gasteiger partial charge in [0.1, 0.15) is 16.9 Å². The molecule has 0 spiro atoms. The number of amides is 1. The highest BCUT2D eigenvalue weighted by molar-refractivity contribution is 7.98. The smallest absolute Gasteiger partial charge is 0.416 e. The molecule has 1 amide bonds. The van der Waals surface area contributed by atoms with E-state index in [1.165, 1.54) is 28.4 Å². The number of esters is 1. The minimum Gasteiger partial charge on any atom is -0.530 e. The highest BCUT2D eigenvalue weighted by Crippen LogP contribution is 2.36. The molecule has 226 valence electrons. The Morgan fingerprint density at radius 1 is 1.12 bits per heavy atom. The predicted molar refractivity (Wildman–Crippen MR) is 152 cm³/mol. The van der Waals surface area contributed by atoms with Crippen LogP contribution in [0.5, 0.6) is 5.75 Å². The zero-order valence-electron chi connectivity index (χ0n) is 23.4. The number of aryl methyl sites for hydroxylation is 1. The second kappa shape index (κ2) is 13.8. The number of hydrogen-bond acceptors (Lipinski definition) is 9. The Labute approximate surface area is 250 Å². The highest BCUT2D eigenvalue weighted by atomic mass is 32.2. The molecule has 0 saturated carbocycles. The lowest BCUT2D eigenvalue weighted by molar-refractivity contribution is -0.266. The van der Waals surface area contributed by atoms with E-state index in [9.17, 15) is 27.9 Å². The largest absolute Gasteiger partial charge is 0.530 e. The van der Waals surface area contributed by atoms with Crippen molar-refractivity contribution in [2.75, 3.05) is 32.8 Å². The van der Waals surface area contributed by atoms with Crippen molar-refractivity contribution < 1.29 is 37.3 Å². The number of carboxylic acid groups (broad SMARTS) is 1. The first-order valence-electron chi connectivity index (χ1n) is 13.4. The molecule has 1 aromatic heterocycles. The third-order valence-corrected chi connectivity index (χ3v) is 9.03. The fraction of sp³-hybridized carbons (Fsp3) is 0.414. The molecule has 8 nitrogen and oxygen atoms in total. The Bertz CT molecular complexity index is 1390. The molecular formula is C29H31F3N3O5S2-. The zero-order valence-corrected chi connectivity index (χ0v) is 25.0. The molecule has 2 aromatic carbocycles. The van der Waals surface area contributed by atoms with E-state index in [0.29, 0.717) is 54.8 Å². The molecule has 4 rings (SSSR count). The molecule has 2 heterocycles. The maximum atomic E-state index is 13.1. The molecule has 0 radical (unpaired) electrons. The average Bonchev–Trinajstić information content (AvgIpc) is 3.35. The van der Waals surface area contributed by atoms with Crippen LogP contribution in [0.15, 0.2) is 47.4 Å². The van der Waals surface area contributed by atoms with Gasteiger partial charge in [-0.1, -0.05) is 12.1 Å². The minimum absolute atomic E-state index is 0.275. The van der Waals surface area contributed by atoms with Gasteiger partial charge < -0.3 is 24.3 Å². The number of benzene rings is 2. The number of thioether (sulfide) groups is 1. The van der Waals surface area contributed by atoms with Crippen molar-refractivity contribution in [3.63, 3.8) is 0 Å². The van der Waals surface area contributed by atoms with E-state index in [4.69, 9.17) is 14.5 Å². The van der Waals surface area contributed by atoms with Crippen molar-refractivity contribution in [3.05, 3.63) is 64.2 Å². The summed E-state index contributed by atoms with van der Waals surface area (Å²) in [6, 6.07) is 10.7. The lowest BCUT2D eigenvalue weighted by Gasteiger charge is -2.35. The Morgan fingerprint density at radius 2 is 1.81 bits per heavy atom. The third-order valence-electron chi connectivity index (χ3n) is 6.68. The Hall–Kier alpha value is -3.29. The molecule has 1 saturated heterocycles. The Morgan fingerprint density at radius 3 is 2.40 bits per heavy atom. The first-order chi connectivity index (χ1) is 19.9. The van der Waals surface area contributed by atoms with Crippen LogP contribution in [0.2, 0.25) is 0 Å². The molecule has 1 aliphatic heterocycles. The monoisotopic (exact) mass is 622 g/mol. The fourth-order valence-corrected chi connectivity index (χ4v) is 6.51. The summed E-state index contributed by atoms with van der Waals surface area (Å²) in [4.78, 5) is 33.2. The SMILES string of the molecule is CCOC(=O)C(C)Oc1ccc(SCc2sc(-c3ccc(C(F)(F)F)cc3)nc2CN2CCN(C(=O)[O-])CC2)cc1C. The van der Waals surface area contributed by atoms with Crippen molar-refractivity contribution in [3.8, 4) is 16.3 Å². The molecule has 1 aliphatic rings. The minimum atomic E-state index is -4.42. The van der Waals surface area contributed by atoms with Gasteiger partial charge in [-0.05, 0) is 56.7 Å². The number of hydrogen-bond donors (Lipinski definition) is 0. The van der Waals surface area contributed by atoms with E-state index in [-0.39, 0.29) is 6.61 Å². The van der Waals surface area contributed by atoms with E-state index in [1.807, 2.05) is 25.1 Å². The van der Waals surface area contributed by atoms with E-state index < -0.39 is 29.9 Å². The Balaban J connectivity index is 1.50. The summed E-state index contributed by atoms with van der Waals surface area (Å²) in [5.74, 6) is 0.725. The van der Waals surface area contributed by atoms with Gasteiger partial charge in [0.25, 0.3) is 0 Å². The second-order valence-corrected chi connectivity index (χ2v) is 11.9. The van der Waals surface area contributed by atoms with Gasteiger partial charge in [-0.25, -0.2) is 9.78 Å². The normalized spacial score (nSPS) is 15.0. The van der Waals surface area contributed by atoms with Gasteiger partial charge in [-0.3, -0.25) is 4.90 Å². The zero-order chi connectivity index (χ0) is 30.4. The lowest BCUT2D eigenvalue weighted by atomic mass is 10.1. The van der Waals surface area contributed by atoms with Crippen LogP contribution in [0, 0.1) is 6.92 Å². The Kier molecular flexibility index (Phi) is 10.4. The molecule has 0 bridgehead atoms. The number of nitrogens with zero attached hydrogens (tertiary/aromatic N) is 3. The van der Waals surface area contributed by atoms with E-state index in [2.05, 4.69) is 4.90 Å². The van der Waals surface area contributed by atoms with Gasteiger partial charge in [-0.15, -0.1) is 23.1 Å². The summed E-state index contributed by atoms with van der Waals surface area (Å²) >= 11 is 3.02. The predicted octanol–water partition coefficient (Wildman–Crippen LogP) is 5.22. The van der Waals surface area contributed by atoms with Gasteiger partial charge >= 0.3 is 12.1 Å². The molecule has 13 heteroatoms. The van der Waals surface area contributed by atoms with Crippen molar-refractivity contribution in [2.24, 2.45) is 0 Å². The van der Waals surface area contributed by atoms with Gasteiger partial charge in [0.2, 0.25) is 0 Å². The van der Waals surface area contributed by atoms with Crippen LogP contribution in [0.25, 0.3) is 10.6 Å². The number of aromatic nitrogens is 1. The van der Waals surface area contributed by atoms with E-state index >= 15 is 0 Å². The molecular weight excluding hydrogens is 591 g/mol. The number of piperazine rings is 1. The van der Waals surface area contributed by atoms with Crippen molar-refractivity contribution in [1.82, 2.24) is 14.8 Å². The van der Waals surface area contributed by atoms with Crippen LogP contribution in [0.3, 0.4) is 0 Å². The number of ether oxygens (including phenoxy) is 2. The number of carbonyl (C=O) groups excluding carboxylic acids is 2. The number of carbonyl (C=O) groups is 2. The van der Waals surface area contributed by atoms with Crippen molar-refractivity contribution in [1.29, 1.82) is 0 Å². The van der Waals surface area contributed by atoms with Crippen LogP contribution in [0.1, 0.15) is 35.5 Å². The maximum Gasteiger partial charge on any atom is 0.416 e. The van der Waals surface area contributed by atoms with Crippen LogP contribution in [0.4, 0.5) is 18.0 Å². The number of thiazole rings is 1. The molecule has 1 fully saturated rings. The van der Waals surface area contributed by atoms with Crippen LogP contribution >= 0.6 is 23.1 Å². The van der Waals surface area contributed by atoms with Gasteiger partial charge in [0.15, 0.2) is 6.10 Å². The van der Waals surface area contributed by atoms with E-state index in [0.717, 1.165) is 33.2 Å². The summed E-state index contributed by atoms with van der Waals surface area (Å²) in [6.07, 6.45) is -6.34. The maximum absolute atomic E-state index is 13.1. The second-order valence-electron chi connectivity index (χ2n) is 9.72. The molecule has 0 aliphatic carbocycles. The van der Waals surface area contributed by atoms with Crippen molar-refractivity contribution in [2.45, 2.75) is 50.2 Å². The summed E-state index contributed by atoms with van der Waals surface area (Å²) in [5.41, 5.74) is 1.55. The molecule has 3 aromatic rings. The lowest BCUT2D eigenvalue weighted by Crippen LogP contribution is -2.52. The fourth-order valence-electron chi connectivity index (χ4n) is 4.34. The quantitative estimate of drug-likeness (QED) is 0.225. The summed E-state index contributed by atoms with van der Waals surface area (Å²) in [5, 5.41) is 11.8. The van der Waals surface area contributed by atoms with Crippen molar-refractivity contribution >= 4 is 35.2 Å². The average molecular weight is 623 g/mol. The van der Waals surface area contributed by atoms with Crippen LogP contribution in [-0.4, -0.2) is 65.7 Å². The molecule has 1 atom stereocenters. The summed E-state index contributed by atoms with van der Waals surface area (Å²) < 4.78 is 50.0. The number of alkyl halides is 3. The molecule has 1 unspecified atom stereocenters. The number of halogens is 3. The first-order valence-corrected chi connectivity index (χ1v) is 15.2. The van der Waals surface area contributed by atoms with Crippen LogP contribution in [-0.2, 0) is 28.0 Å². The number of rotatable bonds is 10. The van der Waals surface area contributed by atoms with Gasteiger partial charge in [-0.2, -0.15) is 13.2 Å². The van der Waals surface area contributed by atoms with Crippen LogP contribution < -0.4 is 9.84 Å². The standard InChI is InChI=1S/C29H32F3N3O5S2/c1-4-39-27(36)19(3)40-24-10-9-22(15-18(24)2)41-17-25-23(16-34-11-13-35(14-12-34)28(37)38)33-26(42-25)20-5-7-21(8-6-20)29(30,31)32/h5-10,15,19H,4,11-14,16-17H2,1-3H3,(H,37,38)/p-1. The first kappa shape index (κ1) is 31.6. The van der Waals surface area contributed by atoms with E-state index in [1.54, 1.807) is 25.6 Å². The topological polar surface area (TPSA) is 95.0 Å². The van der Waals surface area contributed by atoms with Gasteiger partial charge in [0.05, 0.1) is 17.9 Å². The third kappa shape index (κ3) is 8.17. The molecule has 42 heavy (non-hydrogen) atoms. The summed E-state index contributed by atoms with van der Waals surface area (Å²) in [6.45, 7) is 7.76. The summed E-state index contributed by atoms with van der Waals surface area (Å²) in [7, 11) is 0. The molecule has 0 N–H and O–H groups in total. The highest BCUT2D eigenvalue weighted by Gasteiger charge is 2.30.